The second kappa shape index (κ2) is 7.46. The van der Waals surface area contributed by atoms with Crippen molar-refractivity contribution >= 4 is 11.6 Å². The number of aryl methyl sites for hydroxylation is 1. The summed E-state index contributed by atoms with van der Waals surface area (Å²) >= 11 is 5.92. The van der Waals surface area contributed by atoms with Gasteiger partial charge >= 0.3 is 0 Å². The molecule has 0 aliphatic heterocycles. The molecule has 0 bridgehead atoms. The molecule has 2 N–H and O–H groups in total. The minimum atomic E-state index is -0.552. The number of aliphatic hydroxyl groups excluding tert-OH is 1. The van der Waals surface area contributed by atoms with Gasteiger partial charge in [0.25, 0.3) is 0 Å². The lowest BCUT2D eigenvalue weighted by atomic mass is 10.1. The van der Waals surface area contributed by atoms with Crippen LogP contribution in [0.4, 0.5) is 0 Å². The van der Waals surface area contributed by atoms with Crippen LogP contribution in [0, 0.1) is 6.92 Å². The average Bonchev–Trinajstić information content (AvgIpc) is 2.48. The third-order valence-corrected chi connectivity index (χ3v) is 3.46. The Morgan fingerprint density at radius 2 is 1.90 bits per heavy atom. The summed E-state index contributed by atoms with van der Waals surface area (Å²) in [6, 6.07) is 15.1. The van der Waals surface area contributed by atoms with E-state index in [4.69, 9.17) is 16.3 Å². The van der Waals surface area contributed by atoms with Crippen LogP contribution in [0.5, 0.6) is 5.75 Å². The molecule has 0 heterocycles. The van der Waals surface area contributed by atoms with Crippen LogP contribution in [0.15, 0.2) is 48.5 Å². The van der Waals surface area contributed by atoms with Crippen molar-refractivity contribution in [3.05, 3.63) is 64.7 Å². The van der Waals surface area contributed by atoms with Crippen LogP contribution in [-0.4, -0.2) is 17.9 Å². The fraction of sp³-hybridized carbons (Fsp3) is 0.294. The molecule has 2 aromatic rings. The summed E-state index contributed by atoms with van der Waals surface area (Å²) in [7, 11) is 0. The van der Waals surface area contributed by atoms with E-state index in [1.165, 1.54) is 0 Å². The highest BCUT2D eigenvalue weighted by Gasteiger charge is 2.10. The van der Waals surface area contributed by atoms with E-state index < -0.39 is 6.10 Å². The maximum absolute atomic E-state index is 10.1. The van der Waals surface area contributed by atoms with E-state index in [1.54, 1.807) is 6.07 Å². The Kier molecular flexibility index (Phi) is 5.62. The molecule has 2 unspecified atom stereocenters. The van der Waals surface area contributed by atoms with Crippen molar-refractivity contribution in [2.75, 3.05) is 6.54 Å². The maximum atomic E-state index is 10.1. The maximum Gasteiger partial charge on any atom is 0.147 e. The normalized spacial score (nSPS) is 13.7. The molecule has 4 heteroatoms. The second-order valence-corrected chi connectivity index (χ2v) is 5.44. The minimum Gasteiger partial charge on any atom is -0.475 e. The van der Waals surface area contributed by atoms with Gasteiger partial charge in [0, 0.05) is 11.6 Å². The number of halogens is 1. The van der Waals surface area contributed by atoms with Crippen LogP contribution in [0.25, 0.3) is 0 Å². The summed E-state index contributed by atoms with van der Waals surface area (Å²) in [5, 5.41) is 14.0. The summed E-state index contributed by atoms with van der Waals surface area (Å²) in [6.07, 6.45) is -0.758. The highest BCUT2D eigenvalue weighted by Crippen LogP contribution is 2.22. The molecule has 0 saturated heterocycles. The smallest absolute Gasteiger partial charge is 0.147 e. The average molecular weight is 306 g/mol. The second-order valence-electron chi connectivity index (χ2n) is 5.00. The van der Waals surface area contributed by atoms with Crippen LogP contribution in [0.2, 0.25) is 5.02 Å². The lowest BCUT2D eigenvalue weighted by Gasteiger charge is -2.20. The molecule has 0 amide bonds. The van der Waals surface area contributed by atoms with Gasteiger partial charge in [-0.15, -0.1) is 0 Å². The lowest BCUT2D eigenvalue weighted by molar-refractivity contribution is 0.127. The topological polar surface area (TPSA) is 41.5 Å². The molecule has 21 heavy (non-hydrogen) atoms. The largest absolute Gasteiger partial charge is 0.475 e. The Morgan fingerprint density at radius 1 is 1.19 bits per heavy atom. The lowest BCUT2D eigenvalue weighted by Crippen LogP contribution is -2.34. The molecule has 0 aliphatic rings. The van der Waals surface area contributed by atoms with Crippen molar-refractivity contribution < 1.29 is 9.84 Å². The molecule has 0 aromatic heterocycles. The van der Waals surface area contributed by atoms with Crippen molar-refractivity contribution in [3.8, 4) is 5.75 Å². The fourth-order valence-electron chi connectivity index (χ4n) is 2.05. The Labute approximate surface area is 130 Å². The number of hydrogen-bond donors (Lipinski definition) is 2. The molecule has 0 saturated carbocycles. The van der Waals surface area contributed by atoms with Gasteiger partial charge in [0.1, 0.15) is 12.0 Å². The number of benzene rings is 2. The summed E-state index contributed by atoms with van der Waals surface area (Å²) < 4.78 is 5.81. The van der Waals surface area contributed by atoms with Gasteiger partial charge in [-0.1, -0.05) is 41.9 Å². The molecule has 0 radical (unpaired) electrons. The van der Waals surface area contributed by atoms with E-state index in [1.807, 2.05) is 56.3 Å². The van der Waals surface area contributed by atoms with Gasteiger partial charge in [-0.2, -0.15) is 0 Å². The van der Waals surface area contributed by atoms with Crippen LogP contribution in [0.3, 0.4) is 0 Å². The molecule has 2 aromatic carbocycles. The van der Waals surface area contributed by atoms with Crippen molar-refractivity contribution in [1.82, 2.24) is 5.32 Å². The van der Waals surface area contributed by atoms with Gasteiger partial charge in [0.15, 0.2) is 0 Å². The Hall–Kier alpha value is -1.55. The molecule has 2 rings (SSSR count). The molecule has 0 spiro atoms. The third kappa shape index (κ3) is 4.74. The van der Waals surface area contributed by atoms with Gasteiger partial charge in [0.2, 0.25) is 0 Å². The van der Waals surface area contributed by atoms with Gasteiger partial charge in [-0.05, 0) is 43.2 Å². The van der Waals surface area contributed by atoms with Crippen LogP contribution in [-0.2, 0) is 0 Å². The first-order chi connectivity index (χ1) is 10.1. The SMILES string of the molecule is Cc1cc(Cl)ccc1OC(C)NCC(O)c1ccccc1. The van der Waals surface area contributed by atoms with Crippen molar-refractivity contribution in [3.63, 3.8) is 0 Å². The van der Waals surface area contributed by atoms with E-state index in [0.717, 1.165) is 16.9 Å². The summed E-state index contributed by atoms with van der Waals surface area (Å²) in [5.41, 5.74) is 1.87. The third-order valence-electron chi connectivity index (χ3n) is 3.22. The van der Waals surface area contributed by atoms with Gasteiger partial charge in [-0.3, -0.25) is 5.32 Å². The number of rotatable bonds is 6. The van der Waals surface area contributed by atoms with Crippen molar-refractivity contribution in [1.29, 1.82) is 0 Å². The molecular weight excluding hydrogens is 286 g/mol. The summed E-state index contributed by atoms with van der Waals surface area (Å²) in [4.78, 5) is 0. The molecule has 112 valence electrons. The molecular formula is C17H20ClNO2. The first-order valence-electron chi connectivity index (χ1n) is 6.95. The molecule has 0 aliphatic carbocycles. The van der Waals surface area contributed by atoms with Crippen LogP contribution in [0.1, 0.15) is 24.2 Å². The standard InChI is InChI=1S/C17H20ClNO2/c1-12-10-15(18)8-9-17(12)21-13(2)19-11-16(20)14-6-4-3-5-7-14/h3-10,13,16,19-20H,11H2,1-2H3. The highest BCUT2D eigenvalue weighted by molar-refractivity contribution is 6.30. The summed E-state index contributed by atoms with van der Waals surface area (Å²) in [5.74, 6) is 0.786. The number of hydrogen-bond acceptors (Lipinski definition) is 3. The zero-order valence-electron chi connectivity index (χ0n) is 12.2. The van der Waals surface area contributed by atoms with Gasteiger partial charge < -0.3 is 9.84 Å². The predicted molar refractivity (Wildman–Crippen MR) is 85.7 cm³/mol. The molecule has 2 atom stereocenters. The number of nitrogens with one attached hydrogen (secondary N) is 1. The Morgan fingerprint density at radius 3 is 2.57 bits per heavy atom. The van der Waals surface area contributed by atoms with E-state index in [9.17, 15) is 5.11 Å². The Bertz CT molecular complexity index is 574. The molecule has 0 fully saturated rings. The van der Waals surface area contributed by atoms with Crippen molar-refractivity contribution in [2.24, 2.45) is 0 Å². The van der Waals surface area contributed by atoms with Gasteiger partial charge in [-0.25, -0.2) is 0 Å². The predicted octanol–water partition coefficient (Wildman–Crippen LogP) is 3.70. The Balaban J connectivity index is 1.86. The van der Waals surface area contributed by atoms with E-state index >= 15 is 0 Å². The number of aliphatic hydroxyl groups is 1. The van der Waals surface area contributed by atoms with E-state index in [2.05, 4.69) is 5.32 Å². The van der Waals surface area contributed by atoms with Gasteiger partial charge in [0.05, 0.1) is 6.10 Å². The number of ether oxygens (including phenoxy) is 1. The minimum absolute atomic E-state index is 0.205. The van der Waals surface area contributed by atoms with Crippen LogP contribution < -0.4 is 10.1 Å². The first kappa shape index (κ1) is 15.8. The van der Waals surface area contributed by atoms with Crippen LogP contribution >= 0.6 is 11.6 Å². The quantitative estimate of drug-likeness (QED) is 0.800. The monoisotopic (exact) mass is 305 g/mol. The summed E-state index contributed by atoms with van der Waals surface area (Å²) in [6.45, 7) is 4.29. The highest BCUT2D eigenvalue weighted by atomic mass is 35.5. The molecule has 3 nitrogen and oxygen atoms in total. The zero-order valence-corrected chi connectivity index (χ0v) is 13.0. The van der Waals surface area contributed by atoms with E-state index in [0.29, 0.717) is 11.6 Å². The van der Waals surface area contributed by atoms with Crippen molar-refractivity contribution in [2.45, 2.75) is 26.2 Å². The zero-order chi connectivity index (χ0) is 15.2. The fourth-order valence-corrected chi connectivity index (χ4v) is 2.27. The first-order valence-corrected chi connectivity index (χ1v) is 7.33. The van der Waals surface area contributed by atoms with E-state index in [-0.39, 0.29) is 6.23 Å².